The molecule has 0 radical (unpaired) electrons. The fraction of sp³-hybridized carbons (Fsp3) is 0.533. The van der Waals surface area contributed by atoms with Gasteiger partial charge in [-0.05, 0) is 31.4 Å². The smallest absolute Gasteiger partial charge is 0.256 e. The van der Waals surface area contributed by atoms with Crippen molar-refractivity contribution in [2.75, 3.05) is 19.9 Å². The summed E-state index contributed by atoms with van der Waals surface area (Å²) in [5, 5.41) is 0. The summed E-state index contributed by atoms with van der Waals surface area (Å²) in [6.07, 6.45) is 0.964. The number of hydrogen-bond donors (Lipinski definition) is 1. The Balaban J connectivity index is 2.94. The van der Waals surface area contributed by atoms with Crippen molar-refractivity contribution in [3.05, 3.63) is 23.8 Å². The molecule has 4 heteroatoms. The molecule has 1 aromatic carbocycles. The number of anilines is 1. The molecule has 1 amide bonds. The molecule has 0 saturated heterocycles. The predicted octanol–water partition coefficient (Wildman–Crippen LogP) is 2.78. The molecular weight excluding hydrogens is 240 g/mol. The number of nitrogens with zero attached hydrogens (tertiary/aromatic N) is 1. The van der Waals surface area contributed by atoms with Crippen LogP contribution in [0.4, 0.5) is 5.69 Å². The van der Waals surface area contributed by atoms with Crippen molar-refractivity contribution in [1.29, 1.82) is 0 Å². The molecule has 0 bridgehead atoms. The van der Waals surface area contributed by atoms with Crippen molar-refractivity contribution in [2.24, 2.45) is 5.92 Å². The SMILES string of the molecule is COc1cccc(C(=O)N(C)C(C)CC(C)C)c1N. The number of benzene rings is 1. The molecule has 1 rings (SSSR count). The molecule has 0 saturated carbocycles. The lowest BCUT2D eigenvalue weighted by molar-refractivity contribution is 0.0729. The summed E-state index contributed by atoms with van der Waals surface area (Å²) < 4.78 is 5.14. The van der Waals surface area contributed by atoms with Gasteiger partial charge in [-0.1, -0.05) is 19.9 Å². The molecule has 0 aliphatic rings. The number of methoxy groups -OCH3 is 1. The van der Waals surface area contributed by atoms with Gasteiger partial charge < -0.3 is 15.4 Å². The lowest BCUT2D eigenvalue weighted by atomic mass is 10.0. The van der Waals surface area contributed by atoms with Crippen molar-refractivity contribution in [1.82, 2.24) is 4.90 Å². The molecule has 19 heavy (non-hydrogen) atoms. The number of hydrogen-bond acceptors (Lipinski definition) is 3. The quantitative estimate of drug-likeness (QED) is 0.832. The number of rotatable bonds is 5. The number of amides is 1. The first kappa shape index (κ1) is 15.3. The fourth-order valence-corrected chi connectivity index (χ4v) is 2.14. The van der Waals surface area contributed by atoms with Crippen LogP contribution in [0.5, 0.6) is 5.75 Å². The minimum absolute atomic E-state index is 0.0652. The highest BCUT2D eigenvalue weighted by atomic mass is 16.5. The number of ether oxygens (including phenoxy) is 1. The van der Waals surface area contributed by atoms with Crippen molar-refractivity contribution in [2.45, 2.75) is 33.2 Å². The number of carbonyl (C=O) groups excluding carboxylic acids is 1. The van der Waals surface area contributed by atoms with Gasteiger partial charge in [-0.3, -0.25) is 4.79 Å². The molecule has 0 aromatic heterocycles. The second-order valence-corrected chi connectivity index (χ2v) is 5.32. The normalized spacial score (nSPS) is 12.3. The van der Waals surface area contributed by atoms with E-state index in [-0.39, 0.29) is 11.9 Å². The first-order valence-electron chi connectivity index (χ1n) is 6.58. The zero-order chi connectivity index (χ0) is 14.6. The van der Waals surface area contributed by atoms with Gasteiger partial charge in [-0.2, -0.15) is 0 Å². The van der Waals surface area contributed by atoms with Gasteiger partial charge in [0.15, 0.2) is 0 Å². The van der Waals surface area contributed by atoms with Gasteiger partial charge in [-0.25, -0.2) is 0 Å². The Morgan fingerprint density at radius 2 is 2.00 bits per heavy atom. The molecule has 4 nitrogen and oxygen atoms in total. The minimum atomic E-state index is -0.0652. The summed E-state index contributed by atoms with van der Waals surface area (Å²) in [6, 6.07) is 5.45. The topological polar surface area (TPSA) is 55.6 Å². The van der Waals surface area contributed by atoms with Crippen LogP contribution in [0, 0.1) is 5.92 Å². The fourth-order valence-electron chi connectivity index (χ4n) is 2.14. The maximum absolute atomic E-state index is 12.4. The van der Waals surface area contributed by atoms with E-state index in [4.69, 9.17) is 10.5 Å². The van der Waals surface area contributed by atoms with E-state index >= 15 is 0 Å². The summed E-state index contributed by atoms with van der Waals surface area (Å²) in [5.74, 6) is 1.02. The second-order valence-electron chi connectivity index (χ2n) is 5.32. The lowest BCUT2D eigenvalue weighted by Crippen LogP contribution is -2.36. The minimum Gasteiger partial charge on any atom is -0.495 e. The van der Waals surface area contributed by atoms with Crippen LogP contribution < -0.4 is 10.5 Å². The molecule has 0 spiro atoms. The van der Waals surface area contributed by atoms with Crippen molar-refractivity contribution >= 4 is 11.6 Å². The van der Waals surface area contributed by atoms with Gasteiger partial charge in [0.2, 0.25) is 0 Å². The summed E-state index contributed by atoms with van der Waals surface area (Å²) in [5.41, 5.74) is 6.86. The van der Waals surface area contributed by atoms with Crippen LogP contribution in [0.3, 0.4) is 0 Å². The zero-order valence-corrected chi connectivity index (χ0v) is 12.4. The number of carbonyl (C=O) groups is 1. The number of nitrogens with two attached hydrogens (primary N) is 1. The summed E-state index contributed by atoms with van der Waals surface area (Å²) in [6.45, 7) is 6.34. The zero-order valence-electron chi connectivity index (χ0n) is 12.4. The summed E-state index contributed by atoms with van der Waals surface area (Å²) in [4.78, 5) is 14.2. The Morgan fingerprint density at radius 1 is 1.37 bits per heavy atom. The van der Waals surface area contributed by atoms with Gasteiger partial charge in [0.25, 0.3) is 5.91 Å². The van der Waals surface area contributed by atoms with Gasteiger partial charge in [0, 0.05) is 13.1 Å². The largest absolute Gasteiger partial charge is 0.495 e. The number of para-hydroxylation sites is 1. The van der Waals surface area contributed by atoms with E-state index < -0.39 is 0 Å². The van der Waals surface area contributed by atoms with Crippen LogP contribution in [0.1, 0.15) is 37.6 Å². The van der Waals surface area contributed by atoms with Crippen molar-refractivity contribution in [3.8, 4) is 5.75 Å². The molecule has 106 valence electrons. The maximum atomic E-state index is 12.4. The van der Waals surface area contributed by atoms with E-state index in [1.165, 1.54) is 0 Å². The predicted molar refractivity (Wildman–Crippen MR) is 78.4 cm³/mol. The molecule has 1 unspecified atom stereocenters. The van der Waals surface area contributed by atoms with Crippen LogP contribution in [-0.2, 0) is 0 Å². The molecule has 0 aliphatic carbocycles. The van der Waals surface area contributed by atoms with E-state index in [9.17, 15) is 4.79 Å². The lowest BCUT2D eigenvalue weighted by Gasteiger charge is -2.27. The highest BCUT2D eigenvalue weighted by Gasteiger charge is 2.21. The van der Waals surface area contributed by atoms with E-state index in [2.05, 4.69) is 13.8 Å². The van der Waals surface area contributed by atoms with Gasteiger partial charge in [0.1, 0.15) is 5.75 Å². The molecule has 2 N–H and O–H groups in total. The molecule has 0 fully saturated rings. The van der Waals surface area contributed by atoms with Crippen molar-refractivity contribution < 1.29 is 9.53 Å². The monoisotopic (exact) mass is 264 g/mol. The van der Waals surface area contributed by atoms with Crippen molar-refractivity contribution in [3.63, 3.8) is 0 Å². The standard InChI is InChI=1S/C15H24N2O2/c1-10(2)9-11(3)17(4)15(18)12-7-6-8-13(19-5)14(12)16/h6-8,10-11H,9,16H2,1-5H3. The Labute approximate surface area is 115 Å². The van der Waals surface area contributed by atoms with Crippen LogP contribution in [0.25, 0.3) is 0 Å². The summed E-state index contributed by atoms with van der Waals surface area (Å²) in [7, 11) is 3.36. The highest BCUT2D eigenvalue weighted by Crippen LogP contribution is 2.26. The Bertz CT molecular complexity index is 444. The van der Waals surface area contributed by atoms with Crippen LogP contribution >= 0.6 is 0 Å². The third-order valence-corrected chi connectivity index (χ3v) is 3.31. The Morgan fingerprint density at radius 3 is 2.53 bits per heavy atom. The first-order valence-corrected chi connectivity index (χ1v) is 6.58. The average Bonchev–Trinajstić information content (AvgIpc) is 2.36. The van der Waals surface area contributed by atoms with E-state index in [0.29, 0.717) is 22.9 Å². The van der Waals surface area contributed by atoms with E-state index in [0.717, 1.165) is 6.42 Å². The molecule has 0 heterocycles. The van der Waals surface area contributed by atoms with Gasteiger partial charge in [0.05, 0.1) is 18.4 Å². The Hall–Kier alpha value is -1.71. The molecule has 1 atom stereocenters. The average molecular weight is 264 g/mol. The Kier molecular flexibility index (Phi) is 5.21. The first-order chi connectivity index (χ1) is 8.88. The van der Waals surface area contributed by atoms with Crippen LogP contribution in [-0.4, -0.2) is 31.0 Å². The third-order valence-electron chi connectivity index (χ3n) is 3.31. The van der Waals surface area contributed by atoms with Crippen LogP contribution in [0.2, 0.25) is 0 Å². The van der Waals surface area contributed by atoms with Gasteiger partial charge in [-0.15, -0.1) is 0 Å². The third kappa shape index (κ3) is 3.63. The molecular formula is C15H24N2O2. The second kappa shape index (κ2) is 6.45. The maximum Gasteiger partial charge on any atom is 0.256 e. The number of nitrogen functional groups attached to an aromatic ring is 1. The van der Waals surface area contributed by atoms with E-state index in [1.807, 2.05) is 14.0 Å². The summed E-state index contributed by atoms with van der Waals surface area (Å²) >= 11 is 0. The van der Waals surface area contributed by atoms with E-state index in [1.54, 1.807) is 30.2 Å². The van der Waals surface area contributed by atoms with Crippen LogP contribution in [0.15, 0.2) is 18.2 Å². The van der Waals surface area contributed by atoms with Gasteiger partial charge >= 0.3 is 0 Å². The highest BCUT2D eigenvalue weighted by molar-refractivity contribution is 6.00. The molecule has 1 aromatic rings. The molecule has 0 aliphatic heterocycles.